The van der Waals surface area contributed by atoms with E-state index < -0.39 is 24.5 Å². The van der Waals surface area contributed by atoms with Gasteiger partial charge in [0.1, 0.15) is 12.2 Å². The number of imidazole rings is 1. The number of alkyl carbamates (subject to hydrolysis) is 1. The molecule has 12 nitrogen and oxygen atoms in total. The van der Waals surface area contributed by atoms with Crippen molar-refractivity contribution < 1.29 is 18.7 Å². The maximum Gasteiger partial charge on any atom is 0.407 e. The van der Waals surface area contributed by atoms with Crippen molar-refractivity contribution in [2.24, 2.45) is 0 Å². The number of ether oxygens (including phenoxy) is 2. The SMILES string of the molecule is CC(C)NC(=O)O[C@@H]1CO[C@H](c2cc(Nc3ncc(-c4cccnc4)c4nc(C#N)cn34)n[nH]2)[C@H]1F. The average Bonchev–Trinajstić information content (AvgIpc) is 3.59. The van der Waals surface area contributed by atoms with Gasteiger partial charge >= 0.3 is 6.09 Å². The maximum absolute atomic E-state index is 15.0. The zero-order valence-corrected chi connectivity index (χ0v) is 19.3. The molecular formula is C23H22FN9O3. The lowest BCUT2D eigenvalue weighted by molar-refractivity contribution is 0.0615. The Morgan fingerprint density at radius 2 is 2.28 bits per heavy atom. The third-order valence-corrected chi connectivity index (χ3v) is 5.47. The summed E-state index contributed by atoms with van der Waals surface area (Å²) in [5, 5.41) is 21.9. The molecule has 0 saturated carbocycles. The van der Waals surface area contributed by atoms with Gasteiger partial charge in [0.2, 0.25) is 5.95 Å². The summed E-state index contributed by atoms with van der Waals surface area (Å²) in [7, 11) is 0. The summed E-state index contributed by atoms with van der Waals surface area (Å²) < 4.78 is 27.3. The van der Waals surface area contributed by atoms with Crippen LogP contribution >= 0.6 is 0 Å². The van der Waals surface area contributed by atoms with Gasteiger partial charge in [-0.15, -0.1) is 0 Å². The number of alkyl halides is 1. The highest BCUT2D eigenvalue weighted by atomic mass is 19.1. The maximum atomic E-state index is 15.0. The second-order valence-electron chi connectivity index (χ2n) is 8.44. The van der Waals surface area contributed by atoms with E-state index in [-0.39, 0.29) is 18.3 Å². The topological polar surface area (TPSA) is 155 Å². The van der Waals surface area contributed by atoms with Crippen molar-refractivity contribution in [2.75, 3.05) is 11.9 Å². The predicted molar refractivity (Wildman–Crippen MR) is 125 cm³/mol. The van der Waals surface area contributed by atoms with Crippen LogP contribution in [0, 0.1) is 11.3 Å². The number of nitrogens with one attached hydrogen (secondary N) is 3. The molecule has 0 aromatic carbocycles. The molecule has 0 aliphatic carbocycles. The highest BCUT2D eigenvalue weighted by Gasteiger charge is 2.42. The predicted octanol–water partition coefficient (Wildman–Crippen LogP) is 3.04. The minimum Gasteiger partial charge on any atom is -0.441 e. The van der Waals surface area contributed by atoms with Crippen LogP contribution in [-0.4, -0.2) is 60.6 Å². The third-order valence-electron chi connectivity index (χ3n) is 5.47. The fourth-order valence-electron chi connectivity index (χ4n) is 3.86. The molecule has 3 atom stereocenters. The Hall–Kier alpha value is -4.57. The van der Waals surface area contributed by atoms with Crippen LogP contribution in [-0.2, 0) is 9.47 Å². The summed E-state index contributed by atoms with van der Waals surface area (Å²) in [4.78, 5) is 24.8. The van der Waals surface area contributed by atoms with Gasteiger partial charge in [-0.05, 0) is 19.9 Å². The van der Waals surface area contributed by atoms with Crippen molar-refractivity contribution in [3.8, 4) is 17.2 Å². The molecule has 1 amide bonds. The van der Waals surface area contributed by atoms with Gasteiger partial charge < -0.3 is 20.1 Å². The quantitative estimate of drug-likeness (QED) is 0.369. The van der Waals surface area contributed by atoms with Crippen LogP contribution in [0.4, 0.5) is 21.0 Å². The Morgan fingerprint density at radius 1 is 1.42 bits per heavy atom. The monoisotopic (exact) mass is 491 g/mol. The van der Waals surface area contributed by atoms with Gasteiger partial charge in [0.25, 0.3) is 0 Å². The molecule has 4 aromatic rings. The molecule has 1 fully saturated rings. The molecule has 0 bridgehead atoms. The number of pyridine rings is 1. The van der Waals surface area contributed by atoms with Crippen molar-refractivity contribution in [3.05, 3.63) is 54.4 Å². The van der Waals surface area contributed by atoms with Crippen molar-refractivity contribution >= 4 is 23.5 Å². The second-order valence-corrected chi connectivity index (χ2v) is 8.44. The number of aromatic amines is 1. The summed E-state index contributed by atoms with van der Waals surface area (Å²) in [6, 6.07) is 7.16. The fourth-order valence-corrected chi connectivity index (χ4v) is 3.86. The van der Waals surface area contributed by atoms with E-state index in [9.17, 15) is 14.4 Å². The molecular weight excluding hydrogens is 469 g/mol. The van der Waals surface area contributed by atoms with Gasteiger partial charge in [0, 0.05) is 41.8 Å². The number of hydrogen-bond acceptors (Lipinski definition) is 9. The van der Waals surface area contributed by atoms with Crippen LogP contribution < -0.4 is 10.6 Å². The van der Waals surface area contributed by atoms with Gasteiger partial charge in [-0.2, -0.15) is 10.4 Å². The summed E-state index contributed by atoms with van der Waals surface area (Å²) in [6.45, 7) is 3.48. The summed E-state index contributed by atoms with van der Waals surface area (Å²) in [5.41, 5.74) is 2.59. The van der Waals surface area contributed by atoms with E-state index in [0.717, 1.165) is 5.56 Å². The lowest BCUT2D eigenvalue weighted by Crippen LogP contribution is -2.36. The van der Waals surface area contributed by atoms with Crippen LogP contribution in [0.3, 0.4) is 0 Å². The summed E-state index contributed by atoms with van der Waals surface area (Å²) >= 11 is 0. The number of aromatic nitrogens is 6. The zero-order chi connectivity index (χ0) is 25.2. The number of halogens is 1. The van der Waals surface area contributed by atoms with Gasteiger partial charge in [0.05, 0.1) is 18.5 Å². The van der Waals surface area contributed by atoms with Crippen LogP contribution in [0.2, 0.25) is 0 Å². The summed E-state index contributed by atoms with van der Waals surface area (Å²) in [5.74, 6) is 0.693. The number of fused-ring (bicyclic) bond motifs is 1. The van der Waals surface area contributed by atoms with Gasteiger partial charge in [-0.3, -0.25) is 14.5 Å². The normalized spacial score (nSPS) is 19.4. The van der Waals surface area contributed by atoms with E-state index in [1.54, 1.807) is 55.2 Å². The smallest absolute Gasteiger partial charge is 0.407 e. The number of nitriles is 1. The Labute approximate surface area is 204 Å². The Bertz CT molecular complexity index is 1430. The molecule has 3 N–H and O–H groups in total. The number of rotatable bonds is 6. The molecule has 0 radical (unpaired) electrons. The fraction of sp³-hybridized carbons (Fsp3) is 0.304. The number of H-pyrrole nitrogens is 1. The largest absolute Gasteiger partial charge is 0.441 e. The van der Waals surface area contributed by atoms with Gasteiger partial charge in [-0.25, -0.2) is 19.2 Å². The van der Waals surface area contributed by atoms with E-state index in [0.29, 0.717) is 28.7 Å². The van der Waals surface area contributed by atoms with Gasteiger partial charge in [0.15, 0.2) is 29.4 Å². The first-order valence-electron chi connectivity index (χ1n) is 11.2. The number of nitrogens with zero attached hydrogens (tertiary/aromatic N) is 6. The zero-order valence-electron chi connectivity index (χ0n) is 19.3. The van der Waals surface area contributed by atoms with Crippen LogP contribution in [0.1, 0.15) is 31.3 Å². The number of carbonyl (C=O) groups excluding carboxylic acids is 1. The molecule has 1 aliphatic rings. The molecule has 4 aromatic heterocycles. The molecule has 0 unspecified atom stereocenters. The van der Waals surface area contributed by atoms with E-state index in [2.05, 4.69) is 35.8 Å². The van der Waals surface area contributed by atoms with Gasteiger partial charge in [-0.1, -0.05) is 6.07 Å². The first kappa shape index (κ1) is 23.2. The first-order valence-corrected chi connectivity index (χ1v) is 11.2. The Kier molecular flexibility index (Phi) is 6.17. The molecule has 36 heavy (non-hydrogen) atoms. The van der Waals surface area contributed by atoms with Crippen LogP contribution in [0.15, 0.2) is 43.0 Å². The number of hydrogen-bond donors (Lipinski definition) is 3. The molecule has 5 heterocycles. The minimum atomic E-state index is -1.58. The highest BCUT2D eigenvalue weighted by molar-refractivity contribution is 5.78. The summed E-state index contributed by atoms with van der Waals surface area (Å²) in [6.07, 6.45) is 2.23. The van der Waals surface area contributed by atoms with Crippen LogP contribution in [0.5, 0.6) is 0 Å². The van der Waals surface area contributed by atoms with Crippen LogP contribution in [0.25, 0.3) is 16.8 Å². The Balaban J connectivity index is 1.35. The number of anilines is 2. The van der Waals surface area contributed by atoms with Crippen molar-refractivity contribution in [2.45, 2.75) is 38.3 Å². The lowest BCUT2D eigenvalue weighted by atomic mass is 10.1. The van der Waals surface area contributed by atoms with Crippen molar-refractivity contribution in [3.63, 3.8) is 0 Å². The van der Waals surface area contributed by atoms with Crippen molar-refractivity contribution in [1.29, 1.82) is 5.26 Å². The molecule has 13 heteroatoms. The first-order chi connectivity index (χ1) is 17.4. The minimum absolute atomic E-state index is 0.0803. The highest BCUT2D eigenvalue weighted by Crippen LogP contribution is 2.34. The molecule has 5 rings (SSSR count). The Morgan fingerprint density at radius 3 is 3.03 bits per heavy atom. The molecule has 1 aliphatic heterocycles. The molecule has 184 valence electrons. The van der Waals surface area contributed by atoms with E-state index in [4.69, 9.17) is 9.47 Å². The lowest BCUT2D eigenvalue weighted by Gasteiger charge is -2.16. The van der Waals surface area contributed by atoms with Crippen molar-refractivity contribution in [1.82, 2.24) is 34.9 Å². The third kappa shape index (κ3) is 4.53. The molecule has 0 spiro atoms. The standard InChI is InChI=1S/C23H22FN9O3/c1-12(2)28-23(34)36-17-11-35-20(19(17)24)16-6-18(32-31-16)30-22-27-9-15(13-4-3-5-26-8-13)21-29-14(7-25)10-33(21)22/h3-6,8-10,12,17,19-20H,11H2,1-2H3,(H,28,34)(H2,27,30,31,32)/t17-,19+,20-/m1/s1. The number of amides is 1. The molecule has 1 saturated heterocycles. The number of carbonyl (C=O) groups is 1. The second kappa shape index (κ2) is 9.59. The van der Waals surface area contributed by atoms with E-state index in [1.807, 2.05) is 12.1 Å². The average molecular weight is 491 g/mol. The van der Waals surface area contributed by atoms with E-state index in [1.165, 1.54) is 0 Å². The van der Waals surface area contributed by atoms with E-state index >= 15 is 0 Å².